The standard InChI is InChI=1S/C11H12N4O4/c1-6(5-16)12-11(17)10-8-4-7(15(18)19)2-3-9(8)13-14-10/h2-4,6,16H,5H2,1H3,(H,12,17)(H,13,14). The highest BCUT2D eigenvalue weighted by Crippen LogP contribution is 2.22. The number of hydrogen-bond acceptors (Lipinski definition) is 5. The third-order valence-corrected chi connectivity index (χ3v) is 2.62. The highest BCUT2D eigenvalue weighted by atomic mass is 16.6. The SMILES string of the molecule is CC(CO)NC(=O)c1n[nH]c2ccc([N+](=O)[O-])cc12. The van der Waals surface area contributed by atoms with Gasteiger partial charge in [-0.15, -0.1) is 0 Å². The number of non-ortho nitro benzene ring substituents is 1. The Morgan fingerprint density at radius 1 is 1.63 bits per heavy atom. The summed E-state index contributed by atoms with van der Waals surface area (Å²) in [5, 5.41) is 29.0. The highest BCUT2D eigenvalue weighted by molar-refractivity contribution is 6.05. The number of fused-ring (bicyclic) bond motifs is 1. The van der Waals surface area contributed by atoms with Gasteiger partial charge in [0.05, 0.1) is 17.0 Å². The summed E-state index contributed by atoms with van der Waals surface area (Å²) in [6, 6.07) is 3.70. The van der Waals surface area contributed by atoms with Gasteiger partial charge in [0.1, 0.15) is 0 Å². The van der Waals surface area contributed by atoms with Crippen molar-refractivity contribution in [2.24, 2.45) is 0 Å². The molecule has 1 aromatic carbocycles. The second kappa shape index (κ2) is 5.02. The van der Waals surface area contributed by atoms with Gasteiger partial charge in [-0.3, -0.25) is 20.0 Å². The second-order valence-electron chi connectivity index (χ2n) is 4.12. The first kappa shape index (κ1) is 13.0. The maximum atomic E-state index is 11.9. The Hall–Kier alpha value is -2.48. The number of aromatic amines is 1. The molecule has 1 aromatic heterocycles. The molecule has 8 nitrogen and oxygen atoms in total. The molecule has 1 unspecified atom stereocenters. The van der Waals surface area contributed by atoms with Crippen molar-refractivity contribution in [3.8, 4) is 0 Å². The van der Waals surface area contributed by atoms with Gasteiger partial charge in [-0.05, 0) is 13.0 Å². The largest absolute Gasteiger partial charge is 0.394 e. The van der Waals surface area contributed by atoms with Gasteiger partial charge >= 0.3 is 0 Å². The predicted molar refractivity (Wildman–Crippen MR) is 66.8 cm³/mol. The van der Waals surface area contributed by atoms with Crippen molar-refractivity contribution >= 4 is 22.5 Å². The highest BCUT2D eigenvalue weighted by Gasteiger charge is 2.18. The molecule has 0 radical (unpaired) electrons. The van der Waals surface area contributed by atoms with Crippen molar-refractivity contribution in [1.82, 2.24) is 15.5 Å². The molecule has 0 aliphatic carbocycles. The zero-order valence-electron chi connectivity index (χ0n) is 10.1. The molecule has 2 aromatic rings. The van der Waals surface area contributed by atoms with E-state index in [9.17, 15) is 14.9 Å². The molecule has 1 heterocycles. The van der Waals surface area contributed by atoms with Gasteiger partial charge in [0.25, 0.3) is 11.6 Å². The summed E-state index contributed by atoms with van der Waals surface area (Å²) in [6.45, 7) is 1.43. The minimum absolute atomic E-state index is 0.0685. The number of carbonyl (C=O) groups is 1. The lowest BCUT2D eigenvalue weighted by atomic mass is 10.2. The van der Waals surface area contributed by atoms with Crippen LogP contribution < -0.4 is 5.32 Å². The number of H-pyrrole nitrogens is 1. The van der Waals surface area contributed by atoms with E-state index in [1.807, 2.05) is 0 Å². The average Bonchev–Trinajstić information content (AvgIpc) is 2.81. The van der Waals surface area contributed by atoms with Crippen molar-refractivity contribution in [2.45, 2.75) is 13.0 Å². The van der Waals surface area contributed by atoms with E-state index in [0.717, 1.165) is 0 Å². The van der Waals surface area contributed by atoms with E-state index in [0.29, 0.717) is 10.9 Å². The van der Waals surface area contributed by atoms with Crippen molar-refractivity contribution in [1.29, 1.82) is 0 Å². The van der Waals surface area contributed by atoms with E-state index in [1.165, 1.54) is 18.2 Å². The fourth-order valence-electron chi connectivity index (χ4n) is 1.63. The van der Waals surface area contributed by atoms with Crippen LogP contribution in [0.1, 0.15) is 17.4 Å². The maximum absolute atomic E-state index is 11.9. The number of amides is 1. The van der Waals surface area contributed by atoms with Crippen LogP contribution >= 0.6 is 0 Å². The van der Waals surface area contributed by atoms with Crippen molar-refractivity contribution in [2.75, 3.05) is 6.61 Å². The van der Waals surface area contributed by atoms with Crippen LogP contribution in [0, 0.1) is 10.1 Å². The van der Waals surface area contributed by atoms with Crippen molar-refractivity contribution in [3.05, 3.63) is 34.0 Å². The Bertz CT molecular complexity index is 637. The normalized spacial score (nSPS) is 12.3. The van der Waals surface area contributed by atoms with Gasteiger partial charge in [-0.25, -0.2) is 0 Å². The number of benzene rings is 1. The molecule has 1 amide bonds. The summed E-state index contributed by atoms with van der Waals surface area (Å²) < 4.78 is 0. The van der Waals surface area contributed by atoms with E-state index < -0.39 is 16.9 Å². The maximum Gasteiger partial charge on any atom is 0.272 e. The van der Waals surface area contributed by atoms with E-state index in [2.05, 4.69) is 15.5 Å². The smallest absolute Gasteiger partial charge is 0.272 e. The summed E-state index contributed by atoms with van der Waals surface area (Å²) in [6.07, 6.45) is 0. The molecule has 0 aliphatic rings. The second-order valence-corrected chi connectivity index (χ2v) is 4.12. The lowest BCUT2D eigenvalue weighted by Crippen LogP contribution is -2.35. The Morgan fingerprint density at radius 2 is 2.37 bits per heavy atom. The molecule has 8 heteroatoms. The first-order valence-electron chi connectivity index (χ1n) is 5.57. The van der Waals surface area contributed by atoms with E-state index in [1.54, 1.807) is 6.92 Å². The van der Waals surface area contributed by atoms with Crippen LogP contribution in [0.5, 0.6) is 0 Å². The van der Waals surface area contributed by atoms with Gasteiger partial charge in [-0.1, -0.05) is 0 Å². The molecule has 0 saturated carbocycles. The molecule has 3 N–H and O–H groups in total. The van der Waals surface area contributed by atoms with Crippen molar-refractivity contribution in [3.63, 3.8) is 0 Å². The zero-order valence-corrected chi connectivity index (χ0v) is 10.1. The van der Waals surface area contributed by atoms with Crippen LogP contribution in [-0.2, 0) is 0 Å². The number of rotatable bonds is 4. The number of hydrogen-bond donors (Lipinski definition) is 3. The molecule has 0 aliphatic heterocycles. The first-order valence-corrected chi connectivity index (χ1v) is 5.57. The lowest BCUT2D eigenvalue weighted by Gasteiger charge is -2.08. The van der Waals surface area contributed by atoms with Gasteiger partial charge in [-0.2, -0.15) is 5.10 Å². The summed E-state index contributed by atoms with van der Waals surface area (Å²) >= 11 is 0. The van der Waals surface area contributed by atoms with Crippen LogP contribution in [-0.4, -0.2) is 38.8 Å². The predicted octanol–water partition coefficient (Wildman–Crippen LogP) is 0.582. The molecular formula is C11H12N4O4. The lowest BCUT2D eigenvalue weighted by molar-refractivity contribution is -0.384. The molecule has 0 saturated heterocycles. The summed E-state index contributed by atoms with van der Waals surface area (Å²) in [5.41, 5.74) is 0.490. The molecule has 100 valence electrons. The molecular weight excluding hydrogens is 252 g/mol. The summed E-state index contributed by atoms with van der Waals surface area (Å²) in [4.78, 5) is 22.1. The van der Waals surface area contributed by atoms with E-state index in [-0.39, 0.29) is 18.0 Å². The third kappa shape index (κ3) is 2.52. The Kier molecular flexibility index (Phi) is 3.43. The number of nitro benzene ring substituents is 1. The van der Waals surface area contributed by atoms with Gasteiger partial charge in [0, 0.05) is 23.6 Å². The number of aliphatic hydroxyl groups excluding tert-OH is 1. The van der Waals surface area contributed by atoms with Gasteiger partial charge in [0.2, 0.25) is 0 Å². The van der Waals surface area contributed by atoms with E-state index in [4.69, 9.17) is 5.11 Å². The fourth-order valence-corrected chi connectivity index (χ4v) is 1.63. The minimum atomic E-state index is -0.537. The Morgan fingerprint density at radius 3 is 3.00 bits per heavy atom. The molecule has 1 atom stereocenters. The Balaban J connectivity index is 2.40. The number of nitrogens with one attached hydrogen (secondary N) is 2. The van der Waals surface area contributed by atoms with Crippen LogP contribution in [0.4, 0.5) is 5.69 Å². The number of nitrogens with zero attached hydrogens (tertiary/aromatic N) is 2. The quantitative estimate of drug-likeness (QED) is 0.551. The monoisotopic (exact) mass is 264 g/mol. The fraction of sp³-hybridized carbons (Fsp3) is 0.273. The number of aliphatic hydroxyl groups is 1. The van der Waals surface area contributed by atoms with E-state index >= 15 is 0 Å². The molecule has 19 heavy (non-hydrogen) atoms. The van der Waals surface area contributed by atoms with Crippen LogP contribution in [0.3, 0.4) is 0 Å². The topological polar surface area (TPSA) is 121 Å². The number of nitro groups is 1. The number of carbonyl (C=O) groups excluding carboxylic acids is 1. The molecule has 0 bridgehead atoms. The van der Waals surface area contributed by atoms with Gasteiger partial charge < -0.3 is 10.4 Å². The summed E-state index contributed by atoms with van der Waals surface area (Å²) in [7, 11) is 0. The van der Waals surface area contributed by atoms with Gasteiger partial charge in [0.15, 0.2) is 5.69 Å². The molecule has 0 spiro atoms. The first-order chi connectivity index (χ1) is 9.02. The number of aromatic nitrogens is 2. The van der Waals surface area contributed by atoms with Crippen molar-refractivity contribution < 1.29 is 14.8 Å². The van der Waals surface area contributed by atoms with Crippen LogP contribution in [0.25, 0.3) is 10.9 Å². The molecule has 2 rings (SSSR count). The summed E-state index contributed by atoms with van der Waals surface area (Å²) in [5.74, 6) is -0.492. The average molecular weight is 264 g/mol. The molecule has 0 fully saturated rings. The zero-order chi connectivity index (χ0) is 14.0. The van der Waals surface area contributed by atoms with Crippen LogP contribution in [0.15, 0.2) is 18.2 Å². The minimum Gasteiger partial charge on any atom is -0.394 e. The Labute approximate surface area is 107 Å². The van der Waals surface area contributed by atoms with Crippen LogP contribution in [0.2, 0.25) is 0 Å². The third-order valence-electron chi connectivity index (χ3n) is 2.62.